The van der Waals surface area contributed by atoms with Crippen molar-refractivity contribution in [3.63, 3.8) is 0 Å². The maximum atomic E-state index is 5.24. The molecule has 2 atom stereocenters. The zero-order valence-corrected chi connectivity index (χ0v) is 21.4. The van der Waals surface area contributed by atoms with Gasteiger partial charge in [0, 0.05) is 18.3 Å². The van der Waals surface area contributed by atoms with Gasteiger partial charge in [0.2, 0.25) is 0 Å². The van der Waals surface area contributed by atoms with Crippen LogP contribution in [0.3, 0.4) is 0 Å². The first-order valence-electron chi connectivity index (χ1n) is 10.1. The van der Waals surface area contributed by atoms with Crippen molar-refractivity contribution < 1.29 is 4.74 Å². The molecule has 1 aromatic heterocycles. The molecule has 9 heteroatoms. The second-order valence-electron chi connectivity index (χ2n) is 7.45. The van der Waals surface area contributed by atoms with Gasteiger partial charge in [-0.15, -0.1) is 34.2 Å². The van der Waals surface area contributed by atoms with Crippen LogP contribution >= 0.6 is 35.7 Å². The Bertz CT molecular complexity index is 810. The Morgan fingerprint density at radius 3 is 2.67 bits per heavy atom. The first-order valence-corrected chi connectivity index (χ1v) is 11.4. The average Bonchev–Trinajstić information content (AvgIpc) is 3.08. The fourth-order valence-corrected chi connectivity index (χ4v) is 4.33. The van der Waals surface area contributed by atoms with Gasteiger partial charge in [-0.2, -0.15) is 11.8 Å². The predicted molar refractivity (Wildman–Crippen MR) is 135 cm³/mol. The minimum atomic E-state index is 0. The number of aromatic nitrogens is 3. The van der Waals surface area contributed by atoms with Crippen LogP contribution in [0.1, 0.15) is 42.9 Å². The van der Waals surface area contributed by atoms with Crippen LogP contribution in [0.4, 0.5) is 0 Å². The average molecular weight is 545 g/mol. The normalized spacial score (nSPS) is 19.1. The quantitative estimate of drug-likeness (QED) is 0.315. The molecule has 1 aliphatic rings. The van der Waals surface area contributed by atoms with Gasteiger partial charge in [-0.25, -0.2) is 4.99 Å². The van der Waals surface area contributed by atoms with E-state index in [1.165, 1.54) is 25.7 Å². The van der Waals surface area contributed by atoms with Crippen molar-refractivity contribution in [2.45, 2.75) is 57.0 Å². The lowest BCUT2D eigenvalue weighted by Gasteiger charge is -2.30. The summed E-state index contributed by atoms with van der Waals surface area (Å²) in [6, 6.07) is 8.49. The van der Waals surface area contributed by atoms with Gasteiger partial charge in [0.1, 0.15) is 11.6 Å². The molecule has 0 radical (unpaired) electrons. The van der Waals surface area contributed by atoms with Gasteiger partial charge < -0.3 is 19.9 Å². The number of methoxy groups -OCH3 is 1. The number of rotatable bonds is 7. The number of ether oxygens (including phenoxy) is 1. The highest BCUT2D eigenvalue weighted by molar-refractivity contribution is 14.0. The number of thioether (sulfide) groups is 1. The van der Waals surface area contributed by atoms with Crippen LogP contribution in [0.2, 0.25) is 0 Å². The van der Waals surface area contributed by atoms with E-state index < -0.39 is 0 Å². The van der Waals surface area contributed by atoms with Gasteiger partial charge in [0.25, 0.3) is 0 Å². The zero-order valence-electron chi connectivity index (χ0n) is 18.2. The smallest absolute Gasteiger partial charge is 0.192 e. The van der Waals surface area contributed by atoms with E-state index in [1.807, 2.05) is 42.4 Å². The molecule has 1 aliphatic carbocycles. The van der Waals surface area contributed by atoms with Gasteiger partial charge in [0.05, 0.1) is 20.2 Å². The van der Waals surface area contributed by atoms with Crippen molar-refractivity contribution in [3.05, 3.63) is 41.5 Å². The molecule has 0 spiro atoms. The molecule has 0 bridgehead atoms. The highest BCUT2D eigenvalue weighted by Crippen LogP contribution is 2.26. The number of hydrogen-bond donors (Lipinski definition) is 2. The fraction of sp³-hybridized carbons (Fsp3) is 0.571. The largest absolute Gasteiger partial charge is 0.497 e. The van der Waals surface area contributed by atoms with Crippen LogP contribution in [0.25, 0.3) is 0 Å². The van der Waals surface area contributed by atoms with Crippen molar-refractivity contribution in [1.29, 1.82) is 0 Å². The summed E-state index contributed by atoms with van der Waals surface area (Å²) in [6.45, 7) is 3.15. The Balaban J connectivity index is 0.00000320. The van der Waals surface area contributed by atoms with Crippen LogP contribution in [-0.2, 0) is 20.1 Å². The van der Waals surface area contributed by atoms with Gasteiger partial charge in [-0.05, 0) is 50.1 Å². The summed E-state index contributed by atoms with van der Waals surface area (Å²) in [5.74, 6) is 3.49. The first-order chi connectivity index (χ1) is 14.1. The number of benzene rings is 1. The molecule has 0 saturated heterocycles. The lowest BCUT2D eigenvalue weighted by molar-refractivity contribution is 0.414. The molecular weight excluding hydrogens is 511 g/mol. The highest BCUT2D eigenvalue weighted by Gasteiger charge is 2.22. The first kappa shape index (κ1) is 24.8. The van der Waals surface area contributed by atoms with Crippen LogP contribution < -0.4 is 15.4 Å². The third-order valence-corrected chi connectivity index (χ3v) is 6.57. The summed E-state index contributed by atoms with van der Waals surface area (Å²) >= 11 is 1.97. The number of nitrogens with one attached hydrogen (secondary N) is 2. The third kappa shape index (κ3) is 7.04. The van der Waals surface area contributed by atoms with Gasteiger partial charge in [0.15, 0.2) is 11.8 Å². The lowest BCUT2D eigenvalue weighted by atomic mass is 9.95. The molecule has 0 amide bonds. The Hall–Kier alpha value is -1.49. The molecule has 7 nitrogen and oxygen atoms in total. The Kier molecular flexibility index (Phi) is 10.2. The summed E-state index contributed by atoms with van der Waals surface area (Å²) < 4.78 is 7.24. The number of halogens is 1. The van der Waals surface area contributed by atoms with E-state index in [4.69, 9.17) is 9.73 Å². The SMILES string of the molecule is COc1ccc(CN=C(NCc2nnc(C)n2C)NC2CCCC(SC)C2)cc1.I. The van der Waals surface area contributed by atoms with Crippen LogP contribution in [0.5, 0.6) is 5.75 Å². The van der Waals surface area contributed by atoms with Crippen molar-refractivity contribution in [2.24, 2.45) is 12.0 Å². The van der Waals surface area contributed by atoms with Crippen LogP contribution in [0.15, 0.2) is 29.3 Å². The number of aliphatic imine (C=N–C) groups is 1. The van der Waals surface area contributed by atoms with E-state index in [0.717, 1.165) is 34.2 Å². The number of aryl methyl sites for hydroxylation is 1. The monoisotopic (exact) mass is 544 g/mol. The molecule has 1 saturated carbocycles. The standard InChI is InChI=1S/C21H32N6OS.HI/c1-15-25-26-20(27(15)2)14-23-21(24-17-6-5-7-19(12-17)29-4)22-13-16-8-10-18(28-3)11-9-16;/h8-11,17,19H,5-7,12-14H2,1-4H3,(H2,22,23,24);1H. The molecule has 1 heterocycles. The van der Waals surface area contributed by atoms with Crippen molar-refractivity contribution in [2.75, 3.05) is 13.4 Å². The second-order valence-corrected chi connectivity index (χ2v) is 8.59. The van der Waals surface area contributed by atoms with Crippen molar-refractivity contribution in [3.8, 4) is 5.75 Å². The molecule has 2 N–H and O–H groups in total. The zero-order chi connectivity index (χ0) is 20.6. The van der Waals surface area contributed by atoms with Gasteiger partial charge in [-0.3, -0.25) is 0 Å². The molecule has 2 aromatic rings. The minimum absolute atomic E-state index is 0. The second kappa shape index (κ2) is 12.4. The molecule has 3 rings (SSSR count). The van der Waals surface area contributed by atoms with E-state index in [0.29, 0.717) is 19.1 Å². The summed E-state index contributed by atoms with van der Waals surface area (Å²) in [6.07, 6.45) is 7.14. The molecular formula is C21H33IN6OS. The number of nitrogens with zero attached hydrogens (tertiary/aromatic N) is 4. The summed E-state index contributed by atoms with van der Waals surface area (Å²) in [5.41, 5.74) is 1.15. The van der Waals surface area contributed by atoms with E-state index >= 15 is 0 Å². The van der Waals surface area contributed by atoms with Crippen LogP contribution in [-0.4, -0.2) is 45.4 Å². The van der Waals surface area contributed by atoms with Crippen molar-refractivity contribution in [1.82, 2.24) is 25.4 Å². The molecule has 166 valence electrons. The van der Waals surface area contributed by atoms with Gasteiger partial charge in [-0.1, -0.05) is 18.6 Å². The lowest BCUT2D eigenvalue weighted by Crippen LogP contribution is -2.45. The summed E-state index contributed by atoms with van der Waals surface area (Å²) in [4.78, 5) is 4.84. The molecule has 1 fully saturated rings. The Morgan fingerprint density at radius 2 is 2.03 bits per heavy atom. The molecule has 0 aliphatic heterocycles. The maximum absolute atomic E-state index is 5.24. The minimum Gasteiger partial charge on any atom is -0.497 e. The van der Waals surface area contributed by atoms with Crippen LogP contribution in [0, 0.1) is 6.92 Å². The molecule has 2 unspecified atom stereocenters. The van der Waals surface area contributed by atoms with E-state index in [-0.39, 0.29) is 24.0 Å². The van der Waals surface area contributed by atoms with E-state index in [9.17, 15) is 0 Å². The maximum Gasteiger partial charge on any atom is 0.192 e. The topological polar surface area (TPSA) is 76.4 Å². The predicted octanol–water partition coefficient (Wildman–Crippen LogP) is 3.66. The summed E-state index contributed by atoms with van der Waals surface area (Å²) in [5, 5.41) is 16.2. The van der Waals surface area contributed by atoms with Crippen molar-refractivity contribution >= 4 is 41.7 Å². The van der Waals surface area contributed by atoms with Gasteiger partial charge >= 0.3 is 0 Å². The number of guanidine groups is 1. The van der Waals surface area contributed by atoms with E-state index in [2.05, 4.69) is 39.2 Å². The van der Waals surface area contributed by atoms with E-state index in [1.54, 1.807) is 7.11 Å². The molecule has 1 aromatic carbocycles. The highest BCUT2D eigenvalue weighted by atomic mass is 127. The summed E-state index contributed by atoms with van der Waals surface area (Å²) in [7, 11) is 3.66. The Morgan fingerprint density at radius 1 is 1.27 bits per heavy atom. The number of hydrogen-bond acceptors (Lipinski definition) is 5. The fourth-order valence-electron chi connectivity index (χ4n) is 3.51. The third-order valence-electron chi connectivity index (χ3n) is 5.48. The Labute approximate surface area is 200 Å². The molecule has 30 heavy (non-hydrogen) atoms.